The summed E-state index contributed by atoms with van der Waals surface area (Å²) >= 11 is 0. The summed E-state index contributed by atoms with van der Waals surface area (Å²) < 4.78 is 0. The molecule has 2 unspecified atom stereocenters. The lowest BCUT2D eigenvalue weighted by Gasteiger charge is -2.14. The van der Waals surface area contributed by atoms with Crippen molar-refractivity contribution in [3.05, 3.63) is 30.3 Å². The fraction of sp³-hybridized carbons (Fsp3) is 0.364. The minimum absolute atomic E-state index is 0.280. The number of hydrogen-bond donors (Lipinski definition) is 0. The number of nitrogens with zero attached hydrogens (tertiary/aromatic N) is 1. The second kappa shape index (κ2) is 4.83. The molecule has 0 aliphatic carbocycles. The van der Waals surface area contributed by atoms with Gasteiger partial charge in [-0.15, -0.1) is 0 Å². The van der Waals surface area contributed by atoms with E-state index in [1.165, 1.54) is 5.19 Å². The average Bonchev–Trinajstić information content (AvgIpc) is 2.21. The van der Waals surface area contributed by atoms with Gasteiger partial charge in [0.2, 0.25) is 0 Å². The normalized spacial score (nSPS) is 14.5. The molecule has 0 aliphatic heterocycles. The number of hydrogen-bond acceptors (Lipinski definition) is 1. The lowest BCUT2D eigenvalue weighted by molar-refractivity contribution is 0.945. The van der Waals surface area contributed by atoms with E-state index in [9.17, 15) is 0 Å². The van der Waals surface area contributed by atoms with Crippen molar-refractivity contribution >= 4 is 14.0 Å². The molecule has 0 saturated heterocycles. The van der Waals surface area contributed by atoms with E-state index in [4.69, 9.17) is 5.26 Å². The molecule has 0 heterocycles. The maximum atomic E-state index is 8.94. The van der Waals surface area contributed by atoms with Crippen molar-refractivity contribution in [1.29, 1.82) is 5.26 Å². The first-order valence-electron chi connectivity index (χ1n) is 4.74. The molecule has 1 rings (SSSR count). The van der Waals surface area contributed by atoms with E-state index in [1.54, 1.807) is 0 Å². The van der Waals surface area contributed by atoms with Crippen LogP contribution in [0.4, 0.5) is 0 Å². The van der Waals surface area contributed by atoms with E-state index in [0.29, 0.717) is 0 Å². The maximum Gasteiger partial charge on any atom is 0.0868 e. The average molecular weight is 189 g/mol. The largest absolute Gasteiger partial charge is 0.198 e. The Morgan fingerprint density at radius 1 is 1.38 bits per heavy atom. The minimum Gasteiger partial charge on any atom is -0.198 e. The van der Waals surface area contributed by atoms with Gasteiger partial charge in [0, 0.05) is 5.54 Å². The Labute approximate surface area is 81.6 Å². The highest BCUT2D eigenvalue weighted by Gasteiger charge is 2.17. The third kappa shape index (κ3) is 2.43. The Hall–Kier alpha value is -1.07. The molecule has 0 spiro atoms. The Bertz CT molecular complexity index is 289. The SMILES string of the molecule is CCC(C#N)[SiH](C)c1ccccc1. The summed E-state index contributed by atoms with van der Waals surface area (Å²) in [5.41, 5.74) is 0.280. The molecule has 1 aromatic carbocycles. The van der Waals surface area contributed by atoms with Crippen molar-refractivity contribution in [2.75, 3.05) is 0 Å². The Kier molecular flexibility index (Phi) is 3.72. The topological polar surface area (TPSA) is 23.8 Å². The van der Waals surface area contributed by atoms with Gasteiger partial charge in [-0.3, -0.25) is 0 Å². The molecule has 2 heteroatoms. The van der Waals surface area contributed by atoms with Crippen LogP contribution < -0.4 is 5.19 Å². The summed E-state index contributed by atoms with van der Waals surface area (Å²) in [5.74, 6) is 0. The van der Waals surface area contributed by atoms with Crippen molar-refractivity contribution in [3.8, 4) is 6.07 Å². The molecule has 1 nitrogen and oxygen atoms in total. The molecule has 1 aromatic rings. The van der Waals surface area contributed by atoms with E-state index in [-0.39, 0.29) is 5.54 Å². The van der Waals surface area contributed by atoms with Crippen molar-refractivity contribution in [2.24, 2.45) is 0 Å². The zero-order valence-electron chi connectivity index (χ0n) is 8.20. The molecular formula is C11H15NSi. The van der Waals surface area contributed by atoms with Crippen molar-refractivity contribution < 1.29 is 0 Å². The molecule has 0 N–H and O–H groups in total. The van der Waals surface area contributed by atoms with Gasteiger partial charge in [-0.2, -0.15) is 5.26 Å². The minimum atomic E-state index is -1.04. The van der Waals surface area contributed by atoms with E-state index in [2.05, 4.69) is 43.8 Å². The zero-order chi connectivity index (χ0) is 9.68. The smallest absolute Gasteiger partial charge is 0.0868 e. The third-order valence-corrected chi connectivity index (χ3v) is 5.80. The first-order valence-corrected chi connectivity index (χ1v) is 7.14. The molecular weight excluding hydrogens is 174 g/mol. The van der Waals surface area contributed by atoms with Crippen LogP contribution in [0.5, 0.6) is 0 Å². The van der Waals surface area contributed by atoms with Crippen molar-refractivity contribution in [1.82, 2.24) is 0 Å². The van der Waals surface area contributed by atoms with Gasteiger partial charge in [-0.25, -0.2) is 0 Å². The van der Waals surface area contributed by atoms with Gasteiger partial charge in [-0.05, 0) is 6.42 Å². The van der Waals surface area contributed by atoms with Crippen LogP contribution in [0.2, 0.25) is 12.1 Å². The number of nitriles is 1. The fourth-order valence-corrected chi connectivity index (χ4v) is 3.77. The predicted octanol–water partition coefficient (Wildman–Crippen LogP) is 2.05. The van der Waals surface area contributed by atoms with Crippen LogP contribution in [0, 0.1) is 11.3 Å². The van der Waals surface area contributed by atoms with Gasteiger partial charge >= 0.3 is 0 Å². The van der Waals surface area contributed by atoms with Crippen LogP contribution in [0.25, 0.3) is 0 Å². The van der Waals surface area contributed by atoms with E-state index in [1.807, 2.05) is 6.07 Å². The highest BCUT2D eigenvalue weighted by molar-refractivity contribution is 6.74. The Morgan fingerprint density at radius 3 is 2.46 bits per heavy atom. The lowest BCUT2D eigenvalue weighted by atomic mass is 10.3. The zero-order valence-corrected chi connectivity index (χ0v) is 9.35. The number of benzene rings is 1. The first-order chi connectivity index (χ1) is 6.29. The van der Waals surface area contributed by atoms with E-state index < -0.39 is 8.80 Å². The summed E-state index contributed by atoms with van der Waals surface area (Å²) in [4.78, 5) is 0. The number of rotatable bonds is 3. The summed E-state index contributed by atoms with van der Waals surface area (Å²) in [5, 5.41) is 10.3. The summed E-state index contributed by atoms with van der Waals surface area (Å²) in [6.45, 7) is 4.35. The van der Waals surface area contributed by atoms with Crippen LogP contribution in [0.3, 0.4) is 0 Å². The predicted molar refractivity (Wildman–Crippen MR) is 58.7 cm³/mol. The van der Waals surface area contributed by atoms with Crippen LogP contribution in [-0.4, -0.2) is 8.80 Å². The monoisotopic (exact) mass is 189 g/mol. The Morgan fingerprint density at radius 2 is 2.00 bits per heavy atom. The van der Waals surface area contributed by atoms with Crippen molar-refractivity contribution in [2.45, 2.75) is 25.4 Å². The molecule has 68 valence electrons. The van der Waals surface area contributed by atoms with Gasteiger partial charge < -0.3 is 0 Å². The summed E-state index contributed by atoms with van der Waals surface area (Å²) in [6, 6.07) is 12.9. The third-order valence-electron chi connectivity index (χ3n) is 2.53. The Balaban J connectivity index is 2.79. The van der Waals surface area contributed by atoms with E-state index >= 15 is 0 Å². The molecule has 0 aromatic heterocycles. The highest BCUT2D eigenvalue weighted by Crippen LogP contribution is 2.13. The van der Waals surface area contributed by atoms with Crippen LogP contribution >= 0.6 is 0 Å². The molecule has 0 radical (unpaired) electrons. The lowest BCUT2D eigenvalue weighted by Crippen LogP contribution is -2.30. The molecule has 0 aliphatic rings. The molecule has 13 heavy (non-hydrogen) atoms. The van der Waals surface area contributed by atoms with Gasteiger partial charge in [0.25, 0.3) is 0 Å². The molecule has 0 fully saturated rings. The van der Waals surface area contributed by atoms with Gasteiger partial charge in [0.15, 0.2) is 0 Å². The van der Waals surface area contributed by atoms with Gasteiger partial charge in [-0.1, -0.05) is 49.0 Å². The summed E-state index contributed by atoms with van der Waals surface area (Å²) in [7, 11) is -1.04. The quantitative estimate of drug-likeness (QED) is 0.668. The summed E-state index contributed by atoms with van der Waals surface area (Å²) in [6.07, 6.45) is 0.985. The standard InChI is InChI=1S/C11H15NSi/c1-3-10(9-12)13(2)11-7-5-4-6-8-11/h4-8,10,13H,3H2,1-2H3. The molecule has 0 bridgehead atoms. The maximum absolute atomic E-state index is 8.94. The van der Waals surface area contributed by atoms with E-state index in [0.717, 1.165) is 6.42 Å². The second-order valence-electron chi connectivity index (χ2n) is 3.34. The van der Waals surface area contributed by atoms with Crippen LogP contribution in [0.15, 0.2) is 30.3 Å². The van der Waals surface area contributed by atoms with Crippen LogP contribution in [-0.2, 0) is 0 Å². The second-order valence-corrected chi connectivity index (χ2v) is 6.39. The van der Waals surface area contributed by atoms with Gasteiger partial charge in [0.1, 0.15) is 0 Å². The molecule has 0 saturated carbocycles. The van der Waals surface area contributed by atoms with Crippen molar-refractivity contribution in [3.63, 3.8) is 0 Å². The molecule has 0 amide bonds. The first kappa shape index (κ1) is 10.0. The van der Waals surface area contributed by atoms with Gasteiger partial charge in [0.05, 0.1) is 14.9 Å². The fourth-order valence-electron chi connectivity index (χ4n) is 1.55. The molecule has 2 atom stereocenters. The highest BCUT2D eigenvalue weighted by atomic mass is 28.3. The van der Waals surface area contributed by atoms with Crippen LogP contribution in [0.1, 0.15) is 13.3 Å².